The highest BCUT2D eigenvalue weighted by Crippen LogP contribution is 2.24. The van der Waals surface area contributed by atoms with Crippen LogP contribution in [0.1, 0.15) is 21.9 Å². The van der Waals surface area contributed by atoms with Crippen LogP contribution in [0.4, 0.5) is 0 Å². The van der Waals surface area contributed by atoms with Crippen LogP contribution in [0.15, 0.2) is 76.5 Å². The van der Waals surface area contributed by atoms with Gasteiger partial charge < -0.3 is 4.42 Å². The fourth-order valence-electron chi connectivity index (χ4n) is 2.77. The number of furan rings is 1. The molecule has 27 heavy (non-hydrogen) atoms. The zero-order valence-corrected chi connectivity index (χ0v) is 14.6. The lowest BCUT2D eigenvalue weighted by Crippen LogP contribution is -2.18. The molecular formula is C21H16N4O2. The smallest absolute Gasteiger partial charge is 0.272 e. The standard InChI is InChI=1S/C21H16N4O2/c1-14-6-7-16(27-14)13-23-25-21(26)18-12-20(15-8-10-22-11-9-15)24-19-5-3-2-4-17(18)19/h2-13H,1H3,(H,25,26)/b23-13+. The van der Waals surface area contributed by atoms with Gasteiger partial charge >= 0.3 is 0 Å². The van der Waals surface area contributed by atoms with Crippen molar-refractivity contribution < 1.29 is 9.21 Å². The van der Waals surface area contributed by atoms with Crippen molar-refractivity contribution >= 4 is 23.0 Å². The van der Waals surface area contributed by atoms with E-state index in [1.807, 2.05) is 49.4 Å². The number of aryl methyl sites for hydroxylation is 1. The number of hydrogen-bond acceptors (Lipinski definition) is 5. The fraction of sp³-hybridized carbons (Fsp3) is 0.0476. The van der Waals surface area contributed by atoms with Crippen LogP contribution < -0.4 is 5.43 Å². The van der Waals surface area contributed by atoms with E-state index in [0.29, 0.717) is 17.0 Å². The summed E-state index contributed by atoms with van der Waals surface area (Å²) in [5.74, 6) is 1.04. The summed E-state index contributed by atoms with van der Waals surface area (Å²) in [6, 6.07) is 16.6. The zero-order valence-electron chi connectivity index (χ0n) is 14.6. The highest BCUT2D eigenvalue weighted by atomic mass is 16.3. The summed E-state index contributed by atoms with van der Waals surface area (Å²) in [5.41, 5.74) is 5.39. The molecule has 3 aromatic heterocycles. The number of pyridine rings is 2. The number of nitrogens with one attached hydrogen (secondary N) is 1. The van der Waals surface area contributed by atoms with Crippen molar-refractivity contribution in [3.05, 3.63) is 84.1 Å². The van der Waals surface area contributed by atoms with E-state index in [2.05, 4.69) is 20.5 Å². The van der Waals surface area contributed by atoms with Gasteiger partial charge in [0.05, 0.1) is 23.0 Å². The van der Waals surface area contributed by atoms with E-state index >= 15 is 0 Å². The summed E-state index contributed by atoms with van der Waals surface area (Å²) in [4.78, 5) is 21.4. The number of hydrogen-bond donors (Lipinski definition) is 1. The molecule has 0 radical (unpaired) electrons. The predicted molar refractivity (Wildman–Crippen MR) is 103 cm³/mol. The number of rotatable bonds is 4. The van der Waals surface area contributed by atoms with Crippen LogP contribution in [0.5, 0.6) is 0 Å². The number of fused-ring (bicyclic) bond motifs is 1. The highest BCUT2D eigenvalue weighted by molar-refractivity contribution is 6.07. The first-order valence-corrected chi connectivity index (χ1v) is 8.41. The van der Waals surface area contributed by atoms with Gasteiger partial charge in [-0.1, -0.05) is 18.2 Å². The second-order valence-corrected chi connectivity index (χ2v) is 5.96. The number of carbonyl (C=O) groups excluding carboxylic acids is 1. The number of amides is 1. The summed E-state index contributed by atoms with van der Waals surface area (Å²) in [6.07, 6.45) is 4.86. The Morgan fingerprint density at radius 1 is 1.11 bits per heavy atom. The van der Waals surface area contributed by atoms with Crippen molar-refractivity contribution in [1.82, 2.24) is 15.4 Å². The molecule has 0 bridgehead atoms. The first-order chi connectivity index (χ1) is 13.2. The molecule has 1 N–H and O–H groups in total. The van der Waals surface area contributed by atoms with Crippen LogP contribution in [0.2, 0.25) is 0 Å². The monoisotopic (exact) mass is 356 g/mol. The van der Waals surface area contributed by atoms with Crippen LogP contribution in [-0.2, 0) is 0 Å². The highest BCUT2D eigenvalue weighted by Gasteiger charge is 2.13. The van der Waals surface area contributed by atoms with E-state index < -0.39 is 0 Å². The summed E-state index contributed by atoms with van der Waals surface area (Å²) >= 11 is 0. The molecule has 0 aliphatic rings. The van der Waals surface area contributed by atoms with E-state index in [1.54, 1.807) is 24.5 Å². The molecule has 0 unspecified atom stereocenters. The molecule has 0 atom stereocenters. The van der Waals surface area contributed by atoms with Gasteiger partial charge in [-0.05, 0) is 43.3 Å². The third-order valence-corrected chi connectivity index (χ3v) is 4.06. The Morgan fingerprint density at radius 3 is 2.70 bits per heavy atom. The lowest BCUT2D eigenvalue weighted by Gasteiger charge is -2.08. The summed E-state index contributed by atoms with van der Waals surface area (Å²) in [6.45, 7) is 1.85. The summed E-state index contributed by atoms with van der Waals surface area (Å²) in [5, 5.41) is 4.75. The maximum atomic E-state index is 12.7. The van der Waals surface area contributed by atoms with Gasteiger partial charge in [-0.25, -0.2) is 10.4 Å². The molecule has 4 aromatic rings. The minimum absolute atomic E-state index is 0.316. The van der Waals surface area contributed by atoms with Crippen molar-refractivity contribution in [3.63, 3.8) is 0 Å². The minimum atomic E-state index is -0.316. The van der Waals surface area contributed by atoms with Crippen molar-refractivity contribution in [2.75, 3.05) is 0 Å². The van der Waals surface area contributed by atoms with Crippen molar-refractivity contribution in [2.45, 2.75) is 6.92 Å². The number of hydrazone groups is 1. The Kier molecular flexibility index (Phi) is 4.45. The molecule has 4 rings (SSSR count). The lowest BCUT2D eigenvalue weighted by atomic mass is 10.0. The van der Waals surface area contributed by atoms with Crippen LogP contribution in [-0.4, -0.2) is 22.1 Å². The average Bonchev–Trinajstić information content (AvgIpc) is 3.12. The molecule has 3 heterocycles. The van der Waals surface area contributed by atoms with E-state index in [4.69, 9.17) is 4.42 Å². The summed E-state index contributed by atoms with van der Waals surface area (Å²) < 4.78 is 5.40. The molecule has 1 amide bonds. The van der Waals surface area contributed by atoms with E-state index in [0.717, 1.165) is 22.2 Å². The largest absolute Gasteiger partial charge is 0.460 e. The lowest BCUT2D eigenvalue weighted by molar-refractivity contribution is 0.0956. The van der Waals surface area contributed by atoms with Crippen LogP contribution in [0.25, 0.3) is 22.2 Å². The second-order valence-electron chi connectivity index (χ2n) is 5.96. The van der Waals surface area contributed by atoms with Crippen LogP contribution >= 0.6 is 0 Å². The van der Waals surface area contributed by atoms with Crippen molar-refractivity contribution in [3.8, 4) is 11.3 Å². The zero-order chi connectivity index (χ0) is 18.6. The number of carbonyl (C=O) groups is 1. The Labute approximate surface area is 155 Å². The van der Waals surface area contributed by atoms with E-state index in [9.17, 15) is 4.79 Å². The van der Waals surface area contributed by atoms with Gasteiger partial charge in [-0.15, -0.1) is 0 Å². The topological polar surface area (TPSA) is 80.4 Å². The number of nitrogens with zero attached hydrogens (tertiary/aromatic N) is 3. The molecule has 0 fully saturated rings. The van der Waals surface area contributed by atoms with E-state index in [-0.39, 0.29) is 5.91 Å². The van der Waals surface area contributed by atoms with Gasteiger partial charge in [0, 0.05) is 23.3 Å². The normalized spacial score (nSPS) is 11.1. The maximum Gasteiger partial charge on any atom is 0.272 e. The summed E-state index contributed by atoms with van der Waals surface area (Å²) in [7, 11) is 0. The maximum absolute atomic E-state index is 12.7. The number of aromatic nitrogens is 2. The van der Waals surface area contributed by atoms with Crippen molar-refractivity contribution in [2.24, 2.45) is 5.10 Å². The van der Waals surface area contributed by atoms with Crippen molar-refractivity contribution in [1.29, 1.82) is 0 Å². The fourth-order valence-corrected chi connectivity index (χ4v) is 2.77. The first kappa shape index (κ1) is 16.7. The second kappa shape index (κ2) is 7.21. The van der Waals surface area contributed by atoms with Gasteiger partial charge in [0.25, 0.3) is 5.91 Å². The van der Waals surface area contributed by atoms with Gasteiger partial charge in [-0.3, -0.25) is 9.78 Å². The molecular weight excluding hydrogens is 340 g/mol. The third kappa shape index (κ3) is 3.59. The molecule has 6 heteroatoms. The Bertz CT molecular complexity index is 1130. The molecule has 1 aromatic carbocycles. The molecule has 0 saturated heterocycles. The SMILES string of the molecule is Cc1ccc(/C=N/NC(=O)c2cc(-c3ccncc3)nc3ccccc23)o1. The van der Waals surface area contributed by atoms with Gasteiger partial charge in [-0.2, -0.15) is 5.10 Å². The molecule has 0 aliphatic carbocycles. The molecule has 0 aliphatic heterocycles. The minimum Gasteiger partial charge on any atom is -0.460 e. The van der Waals surface area contributed by atoms with Crippen LogP contribution in [0, 0.1) is 6.92 Å². The Hall–Kier alpha value is -3.80. The van der Waals surface area contributed by atoms with Gasteiger partial charge in [0.1, 0.15) is 11.5 Å². The molecule has 132 valence electrons. The average molecular weight is 356 g/mol. The Balaban J connectivity index is 1.69. The number of benzene rings is 1. The van der Waals surface area contributed by atoms with Crippen LogP contribution in [0.3, 0.4) is 0 Å². The third-order valence-electron chi connectivity index (χ3n) is 4.06. The van der Waals surface area contributed by atoms with Gasteiger partial charge in [0.15, 0.2) is 0 Å². The molecule has 6 nitrogen and oxygen atoms in total. The first-order valence-electron chi connectivity index (χ1n) is 8.41. The number of para-hydroxylation sites is 1. The van der Waals surface area contributed by atoms with E-state index in [1.165, 1.54) is 6.21 Å². The quantitative estimate of drug-likeness (QED) is 0.443. The molecule has 0 saturated carbocycles. The predicted octanol–water partition coefficient (Wildman–Crippen LogP) is 3.96. The Morgan fingerprint density at radius 2 is 1.93 bits per heavy atom. The molecule has 0 spiro atoms. The van der Waals surface area contributed by atoms with Gasteiger partial charge in [0.2, 0.25) is 0 Å².